The highest BCUT2D eigenvalue weighted by Gasteiger charge is 2.39. The Kier molecular flexibility index (Phi) is 4.03. The van der Waals surface area contributed by atoms with Crippen molar-refractivity contribution in [3.05, 3.63) is 29.3 Å². The van der Waals surface area contributed by atoms with E-state index in [1.807, 2.05) is 6.92 Å². The van der Waals surface area contributed by atoms with Gasteiger partial charge in [-0.25, -0.2) is 8.42 Å². The molecule has 19 heavy (non-hydrogen) atoms. The minimum Gasteiger partial charge on any atom is -0.432 e. The quantitative estimate of drug-likeness (QED) is 0.847. The van der Waals surface area contributed by atoms with Crippen molar-refractivity contribution in [1.82, 2.24) is 5.32 Å². The van der Waals surface area contributed by atoms with Crippen LogP contribution in [0.1, 0.15) is 13.3 Å². The smallest absolute Gasteiger partial charge is 0.262 e. The number of thiocarbonyl (C=S) groups is 1. The van der Waals surface area contributed by atoms with Crippen molar-refractivity contribution in [2.45, 2.75) is 18.9 Å². The van der Waals surface area contributed by atoms with Gasteiger partial charge in [-0.3, -0.25) is 0 Å². The molecule has 1 aliphatic rings. The maximum Gasteiger partial charge on any atom is 0.262 e. The van der Waals surface area contributed by atoms with E-state index in [1.54, 1.807) is 24.3 Å². The molecule has 1 fully saturated rings. The molecule has 1 saturated heterocycles. The summed E-state index contributed by atoms with van der Waals surface area (Å²) in [5.41, 5.74) is -0.561. The fourth-order valence-corrected chi connectivity index (χ4v) is 4.63. The molecule has 0 aromatic heterocycles. The molecule has 0 radical (unpaired) electrons. The number of benzene rings is 1. The summed E-state index contributed by atoms with van der Waals surface area (Å²) in [6.45, 7) is 1.82. The standard InChI is InChI=1S/C12H14ClNO3S2/c1-12(5-6-19(15,16)8-12)14-11(18)17-10-4-2-3-9(13)7-10/h2-4,7H,5-6,8H2,1H3,(H,14,18). The molecule has 0 bridgehead atoms. The van der Waals surface area contributed by atoms with Crippen LogP contribution in [-0.4, -0.2) is 30.6 Å². The summed E-state index contributed by atoms with van der Waals surface area (Å²) in [5.74, 6) is 0.768. The third-order valence-corrected chi connectivity index (χ3v) is 5.24. The lowest BCUT2D eigenvalue weighted by molar-refractivity contribution is 0.425. The van der Waals surface area contributed by atoms with E-state index >= 15 is 0 Å². The first-order chi connectivity index (χ1) is 8.78. The van der Waals surface area contributed by atoms with E-state index in [1.165, 1.54) is 0 Å². The normalized spacial score (nSPS) is 24.9. The van der Waals surface area contributed by atoms with E-state index in [9.17, 15) is 8.42 Å². The van der Waals surface area contributed by atoms with E-state index < -0.39 is 15.4 Å². The maximum atomic E-state index is 11.5. The molecule has 1 atom stereocenters. The third kappa shape index (κ3) is 4.06. The van der Waals surface area contributed by atoms with E-state index in [2.05, 4.69) is 5.32 Å². The number of rotatable bonds is 2. The van der Waals surface area contributed by atoms with Gasteiger partial charge < -0.3 is 10.1 Å². The van der Waals surface area contributed by atoms with Crippen LogP contribution in [0.4, 0.5) is 0 Å². The van der Waals surface area contributed by atoms with Gasteiger partial charge in [-0.05, 0) is 43.8 Å². The molecule has 0 aliphatic carbocycles. The Balaban J connectivity index is 1.99. The molecule has 104 valence electrons. The highest BCUT2D eigenvalue weighted by atomic mass is 35.5. The van der Waals surface area contributed by atoms with Crippen molar-refractivity contribution < 1.29 is 13.2 Å². The maximum absolute atomic E-state index is 11.5. The van der Waals surface area contributed by atoms with E-state index in [0.29, 0.717) is 17.2 Å². The number of halogens is 1. The van der Waals surface area contributed by atoms with Crippen LogP contribution in [0, 0.1) is 0 Å². The minimum absolute atomic E-state index is 0.0685. The Labute approximate surface area is 123 Å². The van der Waals surface area contributed by atoms with Gasteiger partial charge in [0.05, 0.1) is 17.0 Å². The summed E-state index contributed by atoms with van der Waals surface area (Å²) in [4.78, 5) is 0. The number of ether oxygens (including phenoxy) is 1. The lowest BCUT2D eigenvalue weighted by Crippen LogP contribution is -2.47. The van der Waals surface area contributed by atoms with E-state index in [-0.39, 0.29) is 16.7 Å². The molecule has 1 aromatic carbocycles. The number of sulfone groups is 1. The van der Waals surface area contributed by atoms with Gasteiger partial charge in [-0.2, -0.15) is 0 Å². The molecule has 0 saturated carbocycles. The van der Waals surface area contributed by atoms with Crippen LogP contribution in [0.15, 0.2) is 24.3 Å². The number of hydrogen-bond acceptors (Lipinski definition) is 4. The molecule has 1 unspecified atom stereocenters. The van der Waals surface area contributed by atoms with Crippen LogP contribution >= 0.6 is 23.8 Å². The minimum atomic E-state index is -2.98. The Hall–Kier alpha value is -0.850. The molecular formula is C12H14ClNO3S2. The summed E-state index contributed by atoms with van der Waals surface area (Å²) in [5, 5.41) is 3.67. The summed E-state index contributed by atoms with van der Waals surface area (Å²) in [7, 11) is -2.98. The van der Waals surface area contributed by atoms with Crippen molar-refractivity contribution in [3.8, 4) is 5.75 Å². The highest BCUT2D eigenvalue weighted by Crippen LogP contribution is 2.23. The van der Waals surface area contributed by atoms with Crippen LogP contribution < -0.4 is 10.1 Å². The van der Waals surface area contributed by atoms with Crippen LogP contribution in [0.2, 0.25) is 5.02 Å². The molecule has 1 aromatic rings. The van der Waals surface area contributed by atoms with Gasteiger partial charge in [0, 0.05) is 5.02 Å². The van der Waals surface area contributed by atoms with Gasteiger partial charge in [0.2, 0.25) is 0 Å². The predicted molar refractivity (Wildman–Crippen MR) is 79.5 cm³/mol. The molecule has 2 rings (SSSR count). The second-order valence-electron chi connectivity index (χ2n) is 4.87. The lowest BCUT2D eigenvalue weighted by Gasteiger charge is -2.25. The zero-order valence-electron chi connectivity index (χ0n) is 10.3. The van der Waals surface area contributed by atoms with Gasteiger partial charge >= 0.3 is 0 Å². The topological polar surface area (TPSA) is 55.4 Å². The second-order valence-corrected chi connectivity index (χ2v) is 7.87. The first-order valence-electron chi connectivity index (χ1n) is 5.74. The van der Waals surface area contributed by atoms with Crippen molar-refractivity contribution in [1.29, 1.82) is 0 Å². The van der Waals surface area contributed by atoms with Gasteiger partial charge in [0.1, 0.15) is 5.75 Å². The summed E-state index contributed by atoms with van der Waals surface area (Å²) in [6.07, 6.45) is 0.522. The SMILES string of the molecule is CC1(NC(=S)Oc2cccc(Cl)c2)CCS(=O)(=O)C1. The Morgan fingerprint density at radius 2 is 2.26 bits per heavy atom. The van der Waals surface area contributed by atoms with Crippen molar-refractivity contribution >= 4 is 38.8 Å². The van der Waals surface area contributed by atoms with Gasteiger partial charge in [0.15, 0.2) is 9.84 Å². The monoisotopic (exact) mass is 319 g/mol. The van der Waals surface area contributed by atoms with Crippen LogP contribution in [0.3, 0.4) is 0 Å². The second kappa shape index (κ2) is 5.26. The molecule has 4 nitrogen and oxygen atoms in total. The van der Waals surface area contributed by atoms with Crippen molar-refractivity contribution in [2.75, 3.05) is 11.5 Å². The summed E-state index contributed by atoms with van der Waals surface area (Å²) >= 11 is 10.9. The predicted octanol–water partition coefficient (Wildman–Crippen LogP) is 2.17. The summed E-state index contributed by atoms with van der Waals surface area (Å²) in [6, 6.07) is 6.86. The molecule has 1 aliphatic heterocycles. The third-order valence-electron chi connectivity index (χ3n) is 2.91. The first-order valence-corrected chi connectivity index (χ1v) is 8.35. The average molecular weight is 320 g/mol. The highest BCUT2D eigenvalue weighted by molar-refractivity contribution is 7.91. The molecule has 0 spiro atoms. The largest absolute Gasteiger partial charge is 0.432 e. The Morgan fingerprint density at radius 3 is 2.84 bits per heavy atom. The zero-order valence-corrected chi connectivity index (χ0v) is 12.7. The van der Waals surface area contributed by atoms with Crippen molar-refractivity contribution in [2.24, 2.45) is 0 Å². The number of hydrogen-bond donors (Lipinski definition) is 1. The lowest BCUT2D eigenvalue weighted by atomic mass is 10.0. The van der Waals surface area contributed by atoms with E-state index in [4.69, 9.17) is 28.6 Å². The fourth-order valence-electron chi connectivity index (χ4n) is 2.02. The zero-order chi connectivity index (χ0) is 14.1. The number of nitrogens with one attached hydrogen (secondary N) is 1. The summed E-state index contributed by atoms with van der Waals surface area (Å²) < 4.78 is 28.4. The van der Waals surface area contributed by atoms with Gasteiger partial charge in [0.25, 0.3) is 5.17 Å². The van der Waals surface area contributed by atoms with Crippen molar-refractivity contribution in [3.63, 3.8) is 0 Å². The van der Waals surface area contributed by atoms with Crippen LogP contribution in [0.25, 0.3) is 0 Å². The molecular weight excluding hydrogens is 306 g/mol. The molecule has 1 heterocycles. The molecule has 7 heteroatoms. The van der Waals surface area contributed by atoms with Gasteiger partial charge in [-0.15, -0.1) is 0 Å². The van der Waals surface area contributed by atoms with Gasteiger partial charge in [-0.1, -0.05) is 17.7 Å². The fraction of sp³-hybridized carbons (Fsp3) is 0.417. The average Bonchev–Trinajstić information content (AvgIpc) is 2.52. The Bertz CT molecular complexity index is 603. The van der Waals surface area contributed by atoms with Crippen LogP contribution in [0.5, 0.6) is 5.75 Å². The Morgan fingerprint density at radius 1 is 1.53 bits per heavy atom. The van der Waals surface area contributed by atoms with E-state index in [0.717, 1.165) is 0 Å². The first kappa shape index (κ1) is 14.6. The van der Waals surface area contributed by atoms with Crippen LogP contribution in [-0.2, 0) is 9.84 Å². The molecule has 0 amide bonds. The molecule has 1 N–H and O–H groups in total.